The van der Waals surface area contributed by atoms with Crippen LogP contribution < -0.4 is 10.6 Å². The number of hydrogen-bond donors (Lipinski definition) is 2. The summed E-state index contributed by atoms with van der Waals surface area (Å²) >= 11 is 1.58. The van der Waals surface area contributed by atoms with Crippen molar-refractivity contribution in [3.63, 3.8) is 0 Å². The van der Waals surface area contributed by atoms with Crippen LogP contribution in [0.2, 0.25) is 0 Å². The predicted octanol–water partition coefficient (Wildman–Crippen LogP) is 2.85. The standard InChI is InChI=1S/C18H23N3O3S/c1-25-14-9-5-8-13(10-14)19-15(22)11-21-17(23)16(20-18(21)24)12-6-3-2-4-7-12/h5,8-10,12,16H,2-4,6-7,11H2,1H3,(H,19,22)(H,20,24)/t16-/m1/s1. The molecule has 1 atom stereocenters. The third-order valence-corrected chi connectivity index (χ3v) is 5.56. The molecule has 2 aliphatic rings. The van der Waals surface area contributed by atoms with E-state index in [9.17, 15) is 14.4 Å². The van der Waals surface area contributed by atoms with E-state index < -0.39 is 12.1 Å². The summed E-state index contributed by atoms with van der Waals surface area (Å²) in [5, 5.41) is 5.52. The van der Waals surface area contributed by atoms with Gasteiger partial charge < -0.3 is 10.6 Å². The highest BCUT2D eigenvalue weighted by molar-refractivity contribution is 7.98. The van der Waals surface area contributed by atoms with Gasteiger partial charge in [0.2, 0.25) is 5.91 Å². The summed E-state index contributed by atoms with van der Waals surface area (Å²) in [6, 6.07) is 6.52. The zero-order chi connectivity index (χ0) is 17.8. The fourth-order valence-electron chi connectivity index (χ4n) is 3.52. The van der Waals surface area contributed by atoms with Crippen LogP contribution in [0.3, 0.4) is 0 Å². The van der Waals surface area contributed by atoms with Crippen LogP contribution in [-0.4, -0.2) is 41.6 Å². The summed E-state index contributed by atoms with van der Waals surface area (Å²) in [4.78, 5) is 39.0. The summed E-state index contributed by atoms with van der Waals surface area (Å²) in [5.74, 6) is -0.451. The average Bonchev–Trinajstić information content (AvgIpc) is 2.91. The first kappa shape index (κ1) is 17.8. The maximum absolute atomic E-state index is 12.6. The number of hydrogen-bond acceptors (Lipinski definition) is 4. The zero-order valence-corrected chi connectivity index (χ0v) is 15.1. The molecule has 1 aliphatic carbocycles. The molecule has 0 radical (unpaired) electrons. The van der Waals surface area contributed by atoms with Crippen molar-refractivity contribution in [2.75, 3.05) is 18.1 Å². The highest BCUT2D eigenvalue weighted by Crippen LogP contribution is 2.29. The maximum atomic E-state index is 12.6. The van der Waals surface area contributed by atoms with Gasteiger partial charge >= 0.3 is 6.03 Å². The minimum Gasteiger partial charge on any atom is -0.326 e. The van der Waals surface area contributed by atoms with E-state index >= 15 is 0 Å². The number of anilines is 1. The van der Waals surface area contributed by atoms with Crippen molar-refractivity contribution in [1.29, 1.82) is 0 Å². The number of thioether (sulfide) groups is 1. The monoisotopic (exact) mass is 361 g/mol. The average molecular weight is 361 g/mol. The van der Waals surface area contributed by atoms with E-state index in [1.54, 1.807) is 17.8 Å². The number of rotatable bonds is 5. The molecule has 3 rings (SSSR count). The lowest BCUT2D eigenvalue weighted by Gasteiger charge is -2.25. The fraction of sp³-hybridized carbons (Fsp3) is 0.500. The SMILES string of the molecule is CSc1cccc(NC(=O)CN2C(=O)N[C@H](C3CCCCC3)C2=O)c1. The first-order valence-electron chi connectivity index (χ1n) is 8.64. The van der Waals surface area contributed by atoms with Gasteiger partial charge in [0.1, 0.15) is 12.6 Å². The molecule has 1 heterocycles. The van der Waals surface area contributed by atoms with Crippen LogP contribution in [0.25, 0.3) is 0 Å². The summed E-state index contributed by atoms with van der Waals surface area (Å²) in [6.07, 6.45) is 7.25. The van der Waals surface area contributed by atoms with Gasteiger partial charge in [0.25, 0.3) is 5.91 Å². The summed E-state index contributed by atoms with van der Waals surface area (Å²) < 4.78 is 0. The van der Waals surface area contributed by atoms with Crippen LogP contribution in [0, 0.1) is 5.92 Å². The smallest absolute Gasteiger partial charge is 0.325 e. The molecule has 0 bridgehead atoms. The Labute approximate surface area is 151 Å². The quantitative estimate of drug-likeness (QED) is 0.624. The largest absolute Gasteiger partial charge is 0.326 e. The Kier molecular flexibility index (Phi) is 5.63. The van der Waals surface area contributed by atoms with Crippen molar-refractivity contribution >= 4 is 35.3 Å². The molecule has 4 amide bonds. The van der Waals surface area contributed by atoms with E-state index in [2.05, 4.69) is 10.6 Å². The van der Waals surface area contributed by atoms with Crippen molar-refractivity contribution in [2.24, 2.45) is 5.92 Å². The maximum Gasteiger partial charge on any atom is 0.325 e. The molecule has 2 N–H and O–H groups in total. The van der Waals surface area contributed by atoms with Crippen molar-refractivity contribution in [3.05, 3.63) is 24.3 Å². The van der Waals surface area contributed by atoms with Crippen molar-refractivity contribution in [1.82, 2.24) is 10.2 Å². The highest BCUT2D eigenvalue weighted by Gasteiger charge is 2.43. The van der Waals surface area contributed by atoms with Crippen LogP contribution in [0.4, 0.5) is 10.5 Å². The Morgan fingerprint density at radius 3 is 2.76 bits per heavy atom. The number of amides is 4. The normalized spacial score (nSPS) is 21.3. The van der Waals surface area contributed by atoms with Gasteiger partial charge in [-0.1, -0.05) is 25.3 Å². The number of benzene rings is 1. The highest BCUT2D eigenvalue weighted by atomic mass is 32.2. The van der Waals surface area contributed by atoms with E-state index in [4.69, 9.17) is 0 Å². The Bertz CT molecular complexity index is 673. The molecule has 0 spiro atoms. The minimum atomic E-state index is -0.472. The van der Waals surface area contributed by atoms with Crippen LogP contribution in [0.1, 0.15) is 32.1 Å². The van der Waals surface area contributed by atoms with Crippen LogP contribution in [0.5, 0.6) is 0 Å². The predicted molar refractivity (Wildman–Crippen MR) is 97.5 cm³/mol. The van der Waals surface area contributed by atoms with Gasteiger partial charge in [-0.25, -0.2) is 4.79 Å². The molecule has 1 aromatic rings. The Balaban J connectivity index is 1.60. The van der Waals surface area contributed by atoms with E-state index in [-0.39, 0.29) is 24.3 Å². The first-order chi connectivity index (χ1) is 12.1. The number of nitrogens with one attached hydrogen (secondary N) is 2. The molecule has 2 fully saturated rings. The van der Waals surface area contributed by atoms with Gasteiger partial charge in [-0.3, -0.25) is 14.5 Å². The first-order valence-corrected chi connectivity index (χ1v) is 9.87. The summed E-state index contributed by atoms with van der Waals surface area (Å²) in [7, 11) is 0. The molecule has 0 unspecified atom stereocenters. The van der Waals surface area contributed by atoms with E-state index in [0.29, 0.717) is 5.69 Å². The number of urea groups is 1. The second-order valence-electron chi connectivity index (χ2n) is 6.53. The fourth-order valence-corrected chi connectivity index (χ4v) is 3.98. The van der Waals surface area contributed by atoms with Crippen molar-refractivity contribution in [2.45, 2.75) is 43.0 Å². The lowest BCUT2D eigenvalue weighted by molar-refractivity contribution is -0.131. The molecular formula is C18H23N3O3S. The van der Waals surface area contributed by atoms with E-state index in [0.717, 1.165) is 35.5 Å². The second kappa shape index (κ2) is 7.91. The molecule has 1 saturated carbocycles. The van der Waals surface area contributed by atoms with Gasteiger partial charge in [-0.05, 0) is 43.2 Å². The number of imide groups is 1. The number of nitrogens with zero attached hydrogens (tertiary/aromatic N) is 1. The van der Waals surface area contributed by atoms with Gasteiger partial charge in [-0.15, -0.1) is 11.8 Å². The molecule has 25 heavy (non-hydrogen) atoms. The minimum absolute atomic E-state index is 0.191. The van der Waals surface area contributed by atoms with E-state index in [1.165, 1.54) is 6.42 Å². The Morgan fingerprint density at radius 1 is 1.28 bits per heavy atom. The molecule has 134 valence electrons. The van der Waals surface area contributed by atoms with Crippen molar-refractivity contribution in [3.8, 4) is 0 Å². The summed E-state index contributed by atoms with van der Waals surface area (Å²) in [6.45, 7) is -0.253. The van der Waals surface area contributed by atoms with Crippen LogP contribution >= 0.6 is 11.8 Å². The molecule has 1 aliphatic heterocycles. The number of carbonyl (C=O) groups is 3. The zero-order valence-electron chi connectivity index (χ0n) is 14.3. The summed E-state index contributed by atoms with van der Waals surface area (Å²) in [5.41, 5.74) is 0.660. The molecule has 1 saturated heterocycles. The van der Waals surface area contributed by atoms with Crippen LogP contribution in [-0.2, 0) is 9.59 Å². The van der Waals surface area contributed by atoms with Gasteiger partial charge in [0.05, 0.1) is 0 Å². The molecule has 1 aromatic carbocycles. The second-order valence-corrected chi connectivity index (χ2v) is 7.41. The molecule has 0 aromatic heterocycles. The molecule has 7 heteroatoms. The third-order valence-electron chi connectivity index (χ3n) is 4.83. The third kappa shape index (κ3) is 4.15. The van der Waals surface area contributed by atoms with Gasteiger partial charge in [0.15, 0.2) is 0 Å². The molecular weight excluding hydrogens is 338 g/mol. The van der Waals surface area contributed by atoms with Crippen LogP contribution in [0.15, 0.2) is 29.2 Å². The lowest BCUT2D eigenvalue weighted by Crippen LogP contribution is -2.40. The van der Waals surface area contributed by atoms with Crippen molar-refractivity contribution < 1.29 is 14.4 Å². The Hall–Kier alpha value is -2.02. The molecule has 6 nitrogen and oxygen atoms in total. The number of carbonyl (C=O) groups excluding carboxylic acids is 3. The van der Waals surface area contributed by atoms with Gasteiger partial charge in [-0.2, -0.15) is 0 Å². The Morgan fingerprint density at radius 2 is 2.04 bits per heavy atom. The topological polar surface area (TPSA) is 78.5 Å². The van der Waals surface area contributed by atoms with E-state index in [1.807, 2.05) is 24.5 Å². The lowest BCUT2D eigenvalue weighted by atomic mass is 9.84. The van der Waals surface area contributed by atoms with Gasteiger partial charge in [0, 0.05) is 10.6 Å².